The molecule has 0 fully saturated rings. The topological polar surface area (TPSA) is 108 Å². The van der Waals surface area contributed by atoms with Crippen molar-refractivity contribution in [1.82, 2.24) is 0 Å². The third-order valence-electron chi connectivity index (χ3n) is 2.28. The summed E-state index contributed by atoms with van der Waals surface area (Å²) in [4.78, 5) is 11.7. The standard InChI is InChI=1S/C11H10N2O5S/c1-17-8-4-2-3-5-9(8)18-11(14)7-6-10(12)19(15,16)13-7/h2-6H,12H2,1H3. The summed E-state index contributed by atoms with van der Waals surface area (Å²) in [6.07, 6.45) is 0.951. The molecule has 2 N–H and O–H groups in total. The monoisotopic (exact) mass is 282 g/mol. The lowest BCUT2D eigenvalue weighted by molar-refractivity contribution is -0.126. The van der Waals surface area contributed by atoms with Crippen LogP contribution in [0.25, 0.3) is 0 Å². The second-order valence-corrected chi connectivity index (χ2v) is 5.14. The molecule has 0 saturated carbocycles. The summed E-state index contributed by atoms with van der Waals surface area (Å²) in [5.74, 6) is -0.420. The smallest absolute Gasteiger partial charge is 0.363 e. The minimum atomic E-state index is -3.93. The molecular formula is C11H10N2O5S. The fourth-order valence-electron chi connectivity index (χ4n) is 1.37. The van der Waals surface area contributed by atoms with E-state index in [-0.39, 0.29) is 11.5 Å². The van der Waals surface area contributed by atoms with E-state index in [9.17, 15) is 13.2 Å². The van der Waals surface area contributed by atoms with Gasteiger partial charge in [-0.3, -0.25) is 0 Å². The number of hydrogen-bond donors (Lipinski definition) is 1. The summed E-state index contributed by atoms with van der Waals surface area (Å²) in [5, 5.41) is -0.487. The van der Waals surface area contributed by atoms with Gasteiger partial charge in [-0.15, -0.1) is 0 Å². The Hall–Kier alpha value is -2.35. The van der Waals surface area contributed by atoms with Crippen molar-refractivity contribution >= 4 is 21.7 Å². The van der Waals surface area contributed by atoms with Crippen molar-refractivity contribution in [2.24, 2.45) is 10.1 Å². The van der Waals surface area contributed by atoms with Gasteiger partial charge < -0.3 is 15.2 Å². The van der Waals surface area contributed by atoms with Crippen LogP contribution in [0.4, 0.5) is 0 Å². The van der Waals surface area contributed by atoms with Gasteiger partial charge in [-0.05, 0) is 12.1 Å². The van der Waals surface area contributed by atoms with E-state index in [1.807, 2.05) is 0 Å². The number of nitrogens with zero attached hydrogens (tertiary/aromatic N) is 1. The summed E-state index contributed by atoms with van der Waals surface area (Å²) in [5.41, 5.74) is 4.84. The normalized spacial score (nSPS) is 16.5. The average molecular weight is 282 g/mol. The van der Waals surface area contributed by atoms with E-state index in [0.717, 1.165) is 6.08 Å². The zero-order valence-electron chi connectivity index (χ0n) is 9.86. The quantitative estimate of drug-likeness (QED) is 0.626. The van der Waals surface area contributed by atoms with Gasteiger partial charge in [0.05, 0.1) is 7.11 Å². The molecule has 1 aromatic carbocycles. The number of methoxy groups -OCH3 is 1. The second kappa shape index (κ2) is 4.73. The molecule has 0 aliphatic carbocycles. The molecule has 1 aromatic rings. The number of sulfonamides is 1. The number of ether oxygens (including phenoxy) is 2. The van der Waals surface area contributed by atoms with Gasteiger partial charge in [0.1, 0.15) is 0 Å². The summed E-state index contributed by atoms with van der Waals surface area (Å²) < 4.78 is 35.7. The van der Waals surface area contributed by atoms with Crippen LogP contribution in [-0.4, -0.2) is 27.2 Å². The number of esters is 1. The highest BCUT2D eigenvalue weighted by Gasteiger charge is 2.27. The van der Waals surface area contributed by atoms with Crippen LogP contribution in [0, 0.1) is 0 Å². The fraction of sp³-hybridized carbons (Fsp3) is 0.0909. The largest absolute Gasteiger partial charge is 0.493 e. The zero-order valence-corrected chi connectivity index (χ0v) is 10.7. The molecule has 0 saturated heterocycles. The number of rotatable bonds is 3. The van der Waals surface area contributed by atoms with Gasteiger partial charge in [0.15, 0.2) is 22.2 Å². The number of hydrogen-bond acceptors (Lipinski definition) is 6. The average Bonchev–Trinajstić information content (AvgIpc) is 2.64. The first kappa shape index (κ1) is 13.1. The van der Waals surface area contributed by atoms with Crippen molar-refractivity contribution in [3.63, 3.8) is 0 Å². The van der Waals surface area contributed by atoms with Gasteiger partial charge in [-0.2, -0.15) is 12.8 Å². The van der Waals surface area contributed by atoms with Crippen molar-refractivity contribution in [3.05, 3.63) is 35.4 Å². The summed E-state index contributed by atoms with van der Waals surface area (Å²) in [6, 6.07) is 6.45. The Labute approximate surface area is 109 Å². The van der Waals surface area contributed by atoms with E-state index < -0.39 is 21.0 Å². The number of carbonyl (C=O) groups excluding carboxylic acids is 1. The molecule has 0 unspecified atom stereocenters. The first-order valence-corrected chi connectivity index (χ1v) is 6.55. The van der Waals surface area contributed by atoms with Crippen LogP contribution in [0.5, 0.6) is 11.5 Å². The highest BCUT2D eigenvalue weighted by atomic mass is 32.2. The third kappa shape index (κ3) is 2.58. The van der Waals surface area contributed by atoms with Crippen LogP contribution in [0.1, 0.15) is 0 Å². The molecule has 1 aliphatic rings. The number of benzene rings is 1. The van der Waals surface area contributed by atoms with E-state index >= 15 is 0 Å². The van der Waals surface area contributed by atoms with E-state index in [2.05, 4.69) is 4.40 Å². The number of carbonyl (C=O) groups is 1. The lowest BCUT2D eigenvalue weighted by Crippen LogP contribution is -2.18. The lowest BCUT2D eigenvalue weighted by Gasteiger charge is -2.07. The Morgan fingerprint density at radius 3 is 2.42 bits per heavy atom. The van der Waals surface area contributed by atoms with Crippen LogP contribution >= 0.6 is 0 Å². The Morgan fingerprint density at radius 2 is 1.89 bits per heavy atom. The van der Waals surface area contributed by atoms with Gasteiger partial charge in [0.25, 0.3) is 10.0 Å². The van der Waals surface area contributed by atoms with Crippen LogP contribution in [0.2, 0.25) is 0 Å². The Bertz CT molecular complexity index is 691. The van der Waals surface area contributed by atoms with Crippen molar-refractivity contribution in [2.75, 3.05) is 7.11 Å². The SMILES string of the molecule is COc1ccccc1OC(=O)C1=NS(=O)(=O)C(N)=C1. The summed E-state index contributed by atoms with van der Waals surface area (Å²) in [7, 11) is -2.51. The molecule has 0 aromatic heterocycles. The predicted octanol–water partition coefficient (Wildman–Crippen LogP) is 0.185. The van der Waals surface area contributed by atoms with E-state index in [0.29, 0.717) is 5.75 Å². The van der Waals surface area contributed by atoms with Gasteiger partial charge in [-0.25, -0.2) is 4.79 Å². The van der Waals surface area contributed by atoms with Crippen LogP contribution < -0.4 is 15.2 Å². The molecule has 0 bridgehead atoms. The fourth-order valence-corrected chi connectivity index (χ4v) is 2.12. The maximum Gasteiger partial charge on any atom is 0.363 e. The van der Waals surface area contributed by atoms with Crippen molar-refractivity contribution in [3.8, 4) is 11.5 Å². The maximum atomic E-state index is 11.7. The molecule has 1 heterocycles. The van der Waals surface area contributed by atoms with Gasteiger partial charge in [0.2, 0.25) is 0 Å². The van der Waals surface area contributed by atoms with Crippen molar-refractivity contribution in [2.45, 2.75) is 0 Å². The first-order chi connectivity index (χ1) is 8.94. The summed E-state index contributed by atoms with van der Waals surface area (Å²) >= 11 is 0. The number of nitrogens with two attached hydrogens (primary N) is 1. The van der Waals surface area contributed by atoms with E-state index in [4.69, 9.17) is 15.2 Å². The zero-order chi connectivity index (χ0) is 14.0. The Morgan fingerprint density at radius 1 is 1.26 bits per heavy atom. The second-order valence-electron chi connectivity index (χ2n) is 3.54. The molecule has 2 rings (SSSR count). The van der Waals surface area contributed by atoms with Crippen molar-refractivity contribution in [1.29, 1.82) is 0 Å². The maximum absolute atomic E-state index is 11.7. The van der Waals surface area contributed by atoms with Crippen LogP contribution in [-0.2, 0) is 14.8 Å². The predicted molar refractivity (Wildman–Crippen MR) is 67.3 cm³/mol. The molecule has 0 atom stereocenters. The molecule has 8 heteroatoms. The van der Waals surface area contributed by atoms with E-state index in [1.54, 1.807) is 18.2 Å². The minimum absolute atomic E-state index is 0.161. The number of para-hydroxylation sites is 2. The molecule has 0 amide bonds. The lowest BCUT2D eigenvalue weighted by atomic mass is 10.3. The van der Waals surface area contributed by atoms with E-state index in [1.165, 1.54) is 13.2 Å². The molecule has 100 valence electrons. The Kier molecular flexibility index (Phi) is 3.26. The highest BCUT2D eigenvalue weighted by molar-refractivity contribution is 7.94. The molecule has 1 aliphatic heterocycles. The minimum Gasteiger partial charge on any atom is -0.493 e. The van der Waals surface area contributed by atoms with Crippen LogP contribution in [0.3, 0.4) is 0 Å². The van der Waals surface area contributed by atoms with Gasteiger partial charge in [0, 0.05) is 6.08 Å². The first-order valence-electron chi connectivity index (χ1n) is 5.11. The highest BCUT2D eigenvalue weighted by Crippen LogP contribution is 2.26. The van der Waals surface area contributed by atoms with Gasteiger partial charge in [-0.1, -0.05) is 12.1 Å². The van der Waals surface area contributed by atoms with Gasteiger partial charge >= 0.3 is 5.97 Å². The molecule has 7 nitrogen and oxygen atoms in total. The molecule has 0 spiro atoms. The molecular weight excluding hydrogens is 272 g/mol. The third-order valence-corrected chi connectivity index (χ3v) is 3.43. The van der Waals surface area contributed by atoms with Crippen molar-refractivity contribution < 1.29 is 22.7 Å². The molecule has 0 radical (unpaired) electrons. The molecule has 19 heavy (non-hydrogen) atoms. The van der Waals surface area contributed by atoms with Crippen LogP contribution in [0.15, 0.2) is 39.8 Å². The Balaban J connectivity index is 2.24. The summed E-state index contributed by atoms with van der Waals surface area (Å²) in [6.45, 7) is 0.